The number of hydrogen-bond donors (Lipinski definition) is 1. The molecule has 1 aromatic carbocycles. The maximum Gasteiger partial charge on any atom is 0.182 e. The van der Waals surface area contributed by atoms with Gasteiger partial charge < -0.3 is 10.5 Å². The van der Waals surface area contributed by atoms with Crippen molar-refractivity contribution < 1.29 is 17.5 Å². The molecule has 0 saturated heterocycles. The van der Waals surface area contributed by atoms with Gasteiger partial charge in [-0.05, 0) is 6.07 Å². The van der Waals surface area contributed by atoms with E-state index in [1.807, 2.05) is 0 Å². The summed E-state index contributed by atoms with van der Waals surface area (Å²) in [6.07, 6.45) is 0.925. The summed E-state index contributed by atoms with van der Waals surface area (Å²) < 4.78 is 41.2. The van der Waals surface area contributed by atoms with Gasteiger partial charge in [-0.2, -0.15) is 0 Å². The van der Waals surface area contributed by atoms with Crippen LogP contribution in [-0.2, 0) is 16.4 Å². The van der Waals surface area contributed by atoms with Gasteiger partial charge >= 0.3 is 0 Å². The van der Waals surface area contributed by atoms with E-state index < -0.39 is 20.5 Å². The van der Waals surface area contributed by atoms with Gasteiger partial charge in [0.15, 0.2) is 9.84 Å². The topological polar surface area (TPSA) is 69.4 Å². The van der Waals surface area contributed by atoms with Crippen molar-refractivity contribution in [3.05, 3.63) is 23.5 Å². The SMILES string of the molecule is COc1ccc(CN)c(F)c1S(C)(=O)=O. The third-order valence-electron chi connectivity index (χ3n) is 1.95. The predicted octanol–water partition coefficient (Wildman–Crippen LogP) is 0.697. The molecule has 0 unspecified atom stereocenters. The highest BCUT2D eigenvalue weighted by atomic mass is 32.2. The van der Waals surface area contributed by atoms with E-state index >= 15 is 0 Å². The van der Waals surface area contributed by atoms with Gasteiger partial charge in [0.1, 0.15) is 16.5 Å². The fourth-order valence-corrected chi connectivity index (χ4v) is 2.22. The minimum Gasteiger partial charge on any atom is -0.495 e. The van der Waals surface area contributed by atoms with E-state index in [0.29, 0.717) is 0 Å². The molecule has 2 N–H and O–H groups in total. The predicted molar refractivity (Wildman–Crippen MR) is 54.0 cm³/mol. The first kappa shape index (κ1) is 11.9. The average molecular weight is 233 g/mol. The van der Waals surface area contributed by atoms with E-state index in [0.717, 1.165) is 6.26 Å². The van der Waals surface area contributed by atoms with Crippen LogP contribution in [0.1, 0.15) is 5.56 Å². The second-order valence-electron chi connectivity index (χ2n) is 3.05. The Morgan fingerprint density at radius 3 is 2.47 bits per heavy atom. The second-order valence-corrected chi connectivity index (χ2v) is 5.00. The lowest BCUT2D eigenvalue weighted by Gasteiger charge is -2.10. The number of nitrogens with two attached hydrogens (primary N) is 1. The number of hydrogen-bond acceptors (Lipinski definition) is 4. The molecular weight excluding hydrogens is 221 g/mol. The zero-order valence-corrected chi connectivity index (χ0v) is 9.27. The molecular formula is C9H12FNO3S. The summed E-state index contributed by atoms with van der Waals surface area (Å²) in [5, 5.41) is 0. The van der Waals surface area contributed by atoms with Crippen LogP contribution in [0.4, 0.5) is 4.39 Å². The summed E-state index contributed by atoms with van der Waals surface area (Å²) in [5.74, 6) is -0.841. The van der Waals surface area contributed by atoms with Crippen LogP contribution < -0.4 is 10.5 Å². The molecule has 6 heteroatoms. The highest BCUT2D eigenvalue weighted by Gasteiger charge is 2.22. The molecule has 1 rings (SSSR count). The molecule has 0 aliphatic carbocycles. The van der Waals surface area contributed by atoms with Crippen molar-refractivity contribution in [3.8, 4) is 5.75 Å². The molecule has 0 amide bonds. The van der Waals surface area contributed by atoms with Crippen LogP contribution in [0.5, 0.6) is 5.75 Å². The van der Waals surface area contributed by atoms with Crippen molar-refractivity contribution in [3.63, 3.8) is 0 Å². The lowest BCUT2D eigenvalue weighted by atomic mass is 10.2. The smallest absolute Gasteiger partial charge is 0.182 e. The fourth-order valence-electron chi connectivity index (χ4n) is 1.24. The van der Waals surface area contributed by atoms with Gasteiger partial charge in [-0.3, -0.25) is 0 Å². The summed E-state index contributed by atoms with van der Waals surface area (Å²) in [7, 11) is -2.38. The molecule has 0 aromatic heterocycles. The highest BCUT2D eigenvalue weighted by molar-refractivity contribution is 7.90. The molecule has 0 aliphatic rings. The number of ether oxygens (including phenoxy) is 1. The minimum absolute atomic E-state index is 0.00722. The fraction of sp³-hybridized carbons (Fsp3) is 0.333. The first-order valence-electron chi connectivity index (χ1n) is 4.17. The average Bonchev–Trinajstić information content (AvgIpc) is 2.15. The Labute approximate surface area is 87.8 Å². The molecule has 0 fully saturated rings. The monoisotopic (exact) mass is 233 g/mol. The number of methoxy groups -OCH3 is 1. The summed E-state index contributed by atoms with van der Waals surface area (Å²) in [6.45, 7) is -0.0572. The zero-order chi connectivity index (χ0) is 11.6. The summed E-state index contributed by atoms with van der Waals surface area (Å²) in [4.78, 5) is -0.437. The van der Waals surface area contributed by atoms with Crippen LogP contribution in [-0.4, -0.2) is 21.8 Å². The quantitative estimate of drug-likeness (QED) is 0.834. The van der Waals surface area contributed by atoms with Crippen LogP contribution in [0, 0.1) is 5.82 Å². The summed E-state index contributed by atoms with van der Waals surface area (Å²) in [5.41, 5.74) is 5.43. The van der Waals surface area contributed by atoms with E-state index in [2.05, 4.69) is 0 Å². The standard InChI is InChI=1S/C9H12FNO3S/c1-14-7-4-3-6(5-11)8(10)9(7)15(2,12)13/h3-4H,5,11H2,1-2H3. The number of halogens is 1. The lowest BCUT2D eigenvalue weighted by molar-refractivity contribution is 0.394. The van der Waals surface area contributed by atoms with Gasteiger partial charge in [0.2, 0.25) is 0 Å². The van der Waals surface area contributed by atoms with Crippen LogP contribution >= 0.6 is 0 Å². The number of benzene rings is 1. The van der Waals surface area contributed by atoms with E-state index in [1.54, 1.807) is 0 Å². The molecule has 4 nitrogen and oxygen atoms in total. The van der Waals surface area contributed by atoms with Gasteiger partial charge in [0, 0.05) is 18.4 Å². The Morgan fingerprint density at radius 2 is 2.07 bits per heavy atom. The Bertz CT molecular complexity index is 470. The van der Waals surface area contributed by atoms with Crippen molar-refractivity contribution in [2.24, 2.45) is 5.73 Å². The molecule has 1 aromatic rings. The third kappa shape index (κ3) is 2.27. The number of sulfone groups is 1. The Balaban J connectivity index is 3.58. The zero-order valence-electron chi connectivity index (χ0n) is 8.45. The van der Waals surface area contributed by atoms with Crippen molar-refractivity contribution in [1.29, 1.82) is 0 Å². The van der Waals surface area contributed by atoms with Gasteiger partial charge in [-0.25, -0.2) is 12.8 Å². The number of rotatable bonds is 3. The maximum absolute atomic E-state index is 13.7. The second kappa shape index (κ2) is 4.16. The molecule has 0 saturated carbocycles. The first-order chi connectivity index (χ1) is 6.91. The Hall–Kier alpha value is -1.14. The maximum atomic E-state index is 13.7. The van der Waals surface area contributed by atoms with Gasteiger partial charge in [0.05, 0.1) is 7.11 Å². The van der Waals surface area contributed by atoms with Crippen molar-refractivity contribution in [2.45, 2.75) is 11.4 Å². The Morgan fingerprint density at radius 1 is 1.47 bits per heavy atom. The summed E-state index contributed by atoms with van der Waals surface area (Å²) in [6, 6.07) is 2.80. The molecule has 0 heterocycles. The normalized spacial score (nSPS) is 11.5. The van der Waals surface area contributed by atoms with E-state index in [4.69, 9.17) is 10.5 Å². The van der Waals surface area contributed by atoms with E-state index in [9.17, 15) is 12.8 Å². The highest BCUT2D eigenvalue weighted by Crippen LogP contribution is 2.28. The molecule has 0 spiro atoms. The van der Waals surface area contributed by atoms with Crippen LogP contribution in [0.25, 0.3) is 0 Å². The van der Waals surface area contributed by atoms with Crippen LogP contribution in [0.15, 0.2) is 17.0 Å². The summed E-state index contributed by atoms with van der Waals surface area (Å²) >= 11 is 0. The van der Waals surface area contributed by atoms with E-state index in [-0.39, 0.29) is 17.9 Å². The van der Waals surface area contributed by atoms with Gasteiger partial charge in [0.25, 0.3) is 0 Å². The van der Waals surface area contributed by atoms with Crippen LogP contribution in [0.2, 0.25) is 0 Å². The largest absolute Gasteiger partial charge is 0.495 e. The van der Waals surface area contributed by atoms with E-state index in [1.165, 1.54) is 19.2 Å². The minimum atomic E-state index is -3.66. The molecule has 0 radical (unpaired) electrons. The van der Waals surface area contributed by atoms with Crippen molar-refractivity contribution in [1.82, 2.24) is 0 Å². The van der Waals surface area contributed by atoms with Crippen LogP contribution in [0.3, 0.4) is 0 Å². The molecule has 15 heavy (non-hydrogen) atoms. The molecule has 0 atom stereocenters. The lowest BCUT2D eigenvalue weighted by Crippen LogP contribution is -2.08. The Kier molecular flexibility index (Phi) is 3.31. The third-order valence-corrected chi connectivity index (χ3v) is 3.07. The van der Waals surface area contributed by atoms with Crippen molar-refractivity contribution >= 4 is 9.84 Å². The first-order valence-corrected chi connectivity index (χ1v) is 6.06. The van der Waals surface area contributed by atoms with Gasteiger partial charge in [-0.1, -0.05) is 6.07 Å². The molecule has 84 valence electrons. The molecule has 0 aliphatic heterocycles. The molecule has 0 bridgehead atoms. The van der Waals surface area contributed by atoms with Crippen molar-refractivity contribution in [2.75, 3.05) is 13.4 Å². The van der Waals surface area contributed by atoms with Gasteiger partial charge in [-0.15, -0.1) is 0 Å².